The summed E-state index contributed by atoms with van der Waals surface area (Å²) >= 11 is 5.67. The number of pyridine rings is 1. The van der Waals surface area contributed by atoms with Crippen LogP contribution in [-0.2, 0) is 10.0 Å². The van der Waals surface area contributed by atoms with E-state index in [-0.39, 0.29) is 16.3 Å². The quantitative estimate of drug-likeness (QED) is 0.843. The van der Waals surface area contributed by atoms with E-state index in [1.807, 2.05) is 0 Å². The van der Waals surface area contributed by atoms with Crippen molar-refractivity contribution in [1.29, 1.82) is 5.26 Å². The summed E-state index contributed by atoms with van der Waals surface area (Å²) in [6, 6.07) is 8.69. The number of anilines is 2. The van der Waals surface area contributed by atoms with E-state index in [4.69, 9.17) is 22.6 Å². The monoisotopic (exact) mass is 308 g/mol. The van der Waals surface area contributed by atoms with Gasteiger partial charge in [0, 0.05) is 11.9 Å². The summed E-state index contributed by atoms with van der Waals surface area (Å²) in [7, 11) is -3.92. The molecule has 1 heterocycles. The van der Waals surface area contributed by atoms with Crippen molar-refractivity contribution < 1.29 is 8.42 Å². The summed E-state index contributed by atoms with van der Waals surface area (Å²) < 4.78 is 26.7. The molecule has 0 aliphatic heterocycles. The number of aromatic nitrogens is 1. The summed E-state index contributed by atoms with van der Waals surface area (Å²) in [6.07, 6.45) is 1.31. The SMILES string of the molecule is N#Cc1cc(N)ccc1S(=O)(=O)Nc1ccc(Cl)cn1. The number of benzene rings is 1. The Morgan fingerprint density at radius 2 is 2.05 bits per heavy atom. The van der Waals surface area contributed by atoms with Crippen molar-refractivity contribution in [2.24, 2.45) is 0 Å². The molecule has 0 amide bonds. The van der Waals surface area contributed by atoms with E-state index in [1.165, 1.54) is 36.5 Å². The van der Waals surface area contributed by atoms with Gasteiger partial charge in [-0.25, -0.2) is 13.4 Å². The predicted octanol–water partition coefficient (Wildman–Crippen LogP) is 1.99. The molecule has 0 atom stereocenters. The lowest BCUT2D eigenvalue weighted by molar-refractivity contribution is 0.601. The van der Waals surface area contributed by atoms with Crippen LogP contribution in [0.1, 0.15) is 5.56 Å². The summed E-state index contributed by atoms with van der Waals surface area (Å²) in [5.41, 5.74) is 5.80. The van der Waals surface area contributed by atoms with Gasteiger partial charge in [-0.05, 0) is 30.3 Å². The third kappa shape index (κ3) is 2.99. The van der Waals surface area contributed by atoms with Gasteiger partial charge in [0.1, 0.15) is 16.8 Å². The maximum absolute atomic E-state index is 12.2. The van der Waals surface area contributed by atoms with Gasteiger partial charge in [-0.2, -0.15) is 5.26 Å². The third-order valence-corrected chi connectivity index (χ3v) is 4.02. The first-order valence-corrected chi connectivity index (χ1v) is 7.22. The van der Waals surface area contributed by atoms with Crippen LogP contribution in [-0.4, -0.2) is 13.4 Å². The molecule has 0 fully saturated rings. The standard InChI is InChI=1S/C12H9ClN4O2S/c13-9-1-4-12(16-7-9)17-20(18,19)11-3-2-10(15)5-8(11)6-14/h1-5,7H,15H2,(H,16,17). The molecule has 2 aromatic rings. The first-order valence-electron chi connectivity index (χ1n) is 5.36. The lowest BCUT2D eigenvalue weighted by atomic mass is 10.2. The minimum absolute atomic E-state index is 0.0357. The fraction of sp³-hybridized carbons (Fsp3) is 0. The zero-order valence-corrected chi connectivity index (χ0v) is 11.6. The zero-order valence-electron chi connectivity index (χ0n) is 10.0. The molecule has 3 N–H and O–H groups in total. The smallest absolute Gasteiger partial charge is 0.264 e. The van der Waals surface area contributed by atoms with Crippen LogP contribution in [0, 0.1) is 11.3 Å². The minimum Gasteiger partial charge on any atom is -0.399 e. The number of nitrogens with zero attached hydrogens (tertiary/aromatic N) is 2. The maximum Gasteiger partial charge on any atom is 0.264 e. The van der Waals surface area contributed by atoms with Crippen molar-refractivity contribution in [3.63, 3.8) is 0 Å². The number of sulfonamides is 1. The average Bonchev–Trinajstić information content (AvgIpc) is 2.40. The van der Waals surface area contributed by atoms with Crippen molar-refractivity contribution in [1.82, 2.24) is 4.98 Å². The van der Waals surface area contributed by atoms with Gasteiger partial charge in [-0.1, -0.05) is 11.6 Å². The largest absolute Gasteiger partial charge is 0.399 e. The van der Waals surface area contributed by atoms with Crippen LogP contribution in [0.3, 0.4) is 0 Å². The van der Waals surface area contributed by atoms with Gasteiger partial charge < -0.3 is 5.73 Å². The molecule has 0 unspecified atom stereocenters. The second-order valence-electron chi connectivity index (χ2n) is 3.83. The molecule has 20 heavy (non-hydrogen) atoms. The van der Waals surface area contributed by atoms with Gasteiger partial charge in [0.25, 0.3) is 10.0 Å². The first kappa shape index (κ1) is 14.1. The van der Waals surface area contributed by atoms with E-state index in [2.05, 4.69) is 9.71 Å². The molecule has 102 valence electrons. The molecule has 1 aromatic heterocycles. The molecule has 0 aliphatic rings. The van der Waals surface area contributed by atoms with Crippen LogP contribution < -0.4 is 10.5 Å². The van der Waals surface area contributed by atoms with Crippen molar-refractivity contribution >= 4 is 33.1 Å². The van der Waals surface area contributed by atoms with Crippen LogP contribution in [0.5, 0.6) is 0 Å². The van der Waals surface area contributed by atoms with Crippen molar-refractivity contribution in [3.05, 3.63) is 47.1 Å². The highest BCUT2D eigenvalue weighted by molar-refractivity contribution is 7.92. The van der Waals surface area contributed by atoms with Crippen LogP contribution >= 0.6 is 11.6 Å². The van der Waals surface area contributed by atoms with Crippen molar-refractivity contribution in [2.45, 2.75) is 4.90 Å². The molecule has 0 spiro atoms. The molecule has 0 aliphatic carbocycles. The van der Waals surface area contributed by atoms with Gasteiger partial charge in [0.2, 0.25) is 0 Å². The van der Waals surface area contributed by atoms with E-state index in [0.717, 1.165) is 0 Å². The fourth-order valence-corrected chi connectivity index (χ4v) is 2.76. The minimum atomic E-state index is -3.92. The Balaban J connectivity index is 2.41. The lowest BCUT2D eigenvalue weighted by Gasteiger charge is -2.09. The highest BCUT2D eigenvalue weighted by atomic mass is 35.5. The van der Waals surface area contributed by atoms with Gasteiger partial charge in [0.05, 0.1) is 10.6 Å². The van der Waals surface area contributed by atoms with Gasteiger partial charge >= 0.3 is 0 Å². The average molecular weight is 309 g/mol. The number of hydrogen-bond acceptors (Lipinski definition) is 5. The highest BCUT2D eigenvalue weighted by Crippen LogP contribution is 2.21. The molecule has 0 bridgehead atoms. The Hall–Kier alpha value is -2.30. The number of nitrogens with two attached hydrogens (primary N) is 1. The number of nitrogens with one attached hydrogen (secondary N) is 1. The molecule has 0 saturated carbocycles. The van der Waals surface area contributed by atoms with E-state index in [9.17, 15) is 8.42 Å². The topological polar surface area (TPSA) is 109 Å². The van der Waals surface area contributed by atoms with Crippen LogP contribution in [0.15, 0.2) is 41.4 Å². The number of rotatable bonds is 3. The number of hydrogen-bond donors (Lipinski definition) is 2. The summed E-state index contributed by atoms with van der Waals surface area (Å²) in [6.45, 7) is 0. The van der Waals surface area contributed by atoms with Gasteiger partial charge in [-0.15, -0.1) is 0 Å². The first-order chi connectivity index (χ1) is 9.42. The Morgan fingerprint density at radius 1 is 1.30 bits per heavy atom. The molecule has 0 radical (unpaired) electrons. The van der Waals surface area contributed by atoms with E-state index >= 15 is 0 Å². The lowest BCUT2D eigenvalue weighted by Crippen LogP contribution is -2.15. The number of nitriles is 1. The second kappa shape index (κ2) is 5.36. The van der Waals surface area contributed by atoms with Gasteiger partial charge in [0.15, 0.2) is 0 Å². The zero-order chi connectivity index (χ0) is 14.8. The molecule has 6 nitrogen and oxygen atoms in total. The molecular weight excluding hydrogens is 300 g/mol. The molecule has 0 saturated heterocycles. The number of halogens is 1. The Kier molecular flexibility index (Phi) is 3.79. The van der Waals surface area contributed by atoms with Crippen molar-refractivity contribution in [2.75, 3.05) is 10.5 Å². The second-order valence-corrected chi connectivity index (χ2v) is 5.92. The summed E-state index contributed by atoms with van der Waals surface area (Å²) in [5, 5.41) is 9.37. The van der Waals surface area contributed by atoms with Gasteiger partial charge in [-0.3, -0.25) is 4.72 Å². The number of nitrogen functional groups attached to an aromatic ring is 1. The predicted molar refractivity (Wildman–Crippen MR) is 75.6 cm³/mol. The normalized spacial score (nSPS) is 10.8. The highest BCUT2D eigenvalue weighted by Gasteiger charge is 2.19. The molecule has 1 aromatic carbocycles. The summed E-state index contributed by atoms with van der Waals surface area (Å²) in [5.74, 6) is 0.107. The molecular formula is C12H9ClN4O2S. The van der Waals surface area contributed by atoms with Crippen LogP contribution in [0.2, 0.25) is 5.02 Å². The van der Waals surface area contributed by atoms with Crippen LogP contribution in [0.4, 0.5) is 11.5 Å². The van der Waals surface area contributed by atoms with E-state index in [1.54, 1.807) is 6.07 Å². The Labute approximate surface area is 120 Å². The molecule has 8 heteroatoms. The van der Waals surface area contributed by atoms with Crippen LogP contribution in [0.25, 0.3) is 0 Å². The Bertz CT molecular complexity index is 782. The van der Waals surface area contributed by atoms with Crippen molar-refractivity contribution in [3.8, 4) is 6.07 Å². The summed E-state index contributed by atoms with van der Waals surface area (Å²) in [4.78, 5) is 3.67. The maximum atomic E-state index is 12.2. The van der Waals surface area contributed by atoms with E-state index in [0.29, 0.717) is 10.7 Å². The fourth-order valence-electron chi connectivity index (χ4n) is 1.50. The third-order valence-electron chi connectivity index (χ3n) is 2.38. The molecule has 2 rings (SSSR count). The Morgan fingerprint density at radius 3 is 2.65 bits per heavy atom. The van der Waals surface area contributed by atoms with E-state index < -0.39 is 10.0 Å².